The molecule has 1 unspecified atom stereocenters. The number of rotatable bonds is 17. The van der Waals surface area contributed by atoms with E-state index in [9.17, 15) is 9.59 Å². The number of ether oxygens (including phenoxy) is 3. The highest BCUT2D eigenvalue weighted by Crippen LogP contribution is 2.15. The quantitative estimate of drug-likeness (QED) is 0.365. The van der Waals surface area contributed by atoms with Gasteiger partial charge in [-0.2, -0.15) is 0 Å². The second kappa shape index (κ2) is 15.8. The molecule has 1 amide bonds. The van der Waals surface area contributed by atoms with Gasteiger partial charge in [-0.15, -0.1) is 0 Å². The molecule has 0 spiro atoms. The third-order valence-corrected chi connectivity index (χ3v) is 4.47. The molecule has 1 rings (SSSR count). The molecule has 7 nitrogen and oxygen atoms in total. The Morgan fingerprint density at radius 2 is 1.58 bits per heavy atom. The van der Waals surface area contributed by atoms with Crippen molar-refractivity contribution < 1.29 is 23.8 Å². The van der Waals surface area contributed by atoms with Crippen LogP contribution in [0.3, 0.4) is 0 Å². The molecule has 0 saturated carbocycles. The van der Waals surface area contributed by atoms with Crippen molar-refractivity contribution in [2.75, 3.05) is 39.6 Å². The van der Waals surface area contributed by atoms with E-state index < -0.39 is 0 Å². The van der Waals surface area contributed by atoms with Gasteiger partial charge in [0.15, 0.2) is 12.4 Å². The van der Waals surface area contributed by atoms with Crippen LogP contribution in [0.2, 0.25) is 0 Å². The number of Topliss-reactive ketones (excluding diaryl/α,β-unsaturated/α-hetero) is 1. The minimum Gasteiger partial charge on any atom is -0.484 e. The molecule has 0 aliphatic rings. The normalized spacial score (nSPS) is 12.2. The van der Waals surface area contributed by atoms with Gasteiger partial charge in [0, 0.05) is 25.1 Å². The van der Waals surface area contributed by atoms with Crippen LogP contribution in [0.5, 0.6) is 5.75 Å². The molecule has 0 heterocycles. The lowest BCUT2D eigenvalue weighted by Gasteiger charge is -2.22. The summed E-state index contributed by atoms with van der Waals surface area (Å²) >= 11 is 0. The first-order chi connectivity index (χ1) is 14.8. The van der Waals surface area contributed by atoms with E-state index in [2.05, 4.69) is 17.6 Å². The molecule has 2 N–H and O–H groups in total. The van der Waals surface area contributed by atoms with Crippen molar-refractivity contribution in [2.45, 2.75) is 59.5 Å². The van der Waals surface area contributed by atoms with Gasteiger partial charge in [-0.25, -0.2) is 0 Å². The predicted octanol–water partition coefficient (Wildman–Crippen LogP) is 2.76. The van der Waals surface area contributed by atoms with Gasteiger partial charge in [-0.1, -0.05) is 46.8 Å². The van der Waals surface area contributed by atoms with Crippen LogP contribution in [0.4, 0.5) is 0 Å². The van der Waals surface area contributed by atoms with Gasteiger partial charge >= 0.3 is 0 Å². The average Bonchev–Trinajstić information content (AvgIpc) is 2.73. The number of nitrogens with one attached hydrogen (secondary N) is 2. The smallest absolute Gasteiger partial charge is 0.258 e. The van der Waals surface area contributed by atoms with Crippen LogP contribution in [-0.4, -0.2) is 63.4 Å². The van der Waals surface area contributed by atoms with Crippen LogP contribution >= 0.6 is 0 Å². The zero-order valence-corrected chi connectivity index (χ0v) is 19.7. The highest BCUT2D eigenvalue weighted by atomic mass is 16.5. The Morgan fingerprint density at radius 1 is 0.935 bits per heavy atom. The minimum absolute atomic E-state index is 0.0165. The van der Waals surface area contributed by atoms with Gasteiger partial charge in [0.05, 0.1) is 25.9 Å². The Kier molecular flexibility index (Phi) is 13.8. The number of hydrogen-bond donors (Lipinski definition) is 2. The topological polar surface area (TPSA) is 85.9 Å². The van der Waals surface area contributed by atoms with E-state index in [1.807, 2.05) is 52.0 Å². The van der Waals surface area contributed by atoms with E-state index in [4.69, 9.17) is 14.2 Å². The standard InChI is InChI=1S/C24H40N2O5/c1-6-12-29-14-15-30-13-11-25-23(27)17-31-21-9-7-20(8-10-21)16-22(26-19(4)5)24(28)18(2)3/h7-10,18-19,22,26H,6,11-17H2,1-5H3,(H,25,27). The highest BCUT2D eigenvalue weighted by molar-refractivity contribution is 5.86. The van der Waals surface area contributed by atoms with Crippen molar-refractivity contribution in [3.05, 3.63) is 29.8 Å². The third kappa shape index (κ3) is 12.5. The maximum absolute atomic E-state index is 12.5. The van der Waals surface area contributed by atoms with Crippen molar-refractivity contribution in [1.82, 2.24) is 10.6 Å². The van der Waals surface area contributed by atoms with Crippen molar-refractivity contribution in [3.63, 3.8) is 0 Å². The Balaban J connectivity index is 2.33. The molecular weight excluding hydrogens is 396 g/mol. The second-order valence-corrected chi connectivity index (χ2v) is 8.14. The van der Waals surface area contributed by atoms with Crippen molar-refractivity contribution >= 4 is 11.7 Å². The van der Waals surface area contributed by atoms with Crippen LogP contribution in [-0.2, 0) is 25.5 Å². The van der Waals surface area contributed by atoms with Crippen LogP contribution in [0.1, 0.15) is 46.6 Å². The number of benzene rings is 1. The molecule has 0 bridgehead atoms. The summed E-state index contributed by atoms with van der Waals surface area (Å²) in [7, 11) is 0. The molecule has 0 radical (unpaired) electrons. The van der Waals surface area contributed by atoms with Crippen molar-refractivity contribution in [1.29, 1.82) is 0 Å². The average molecular weight is 437 g/mol. The molecule has 0 aromatic heterocycles. The maximum atomic E-state index is 12.5. The number of carbonyl (C=O) groups is 2. The number of carbonyl (C=O) groups excluding carboxylic acids is 2. The summed E-state index contributed by atoms with van der Waals surface area (Å²) in [5.41, 5.74) is 1.05. The predicted molar refractivity (Wildman–Crippen MR) is 122 cm³/mol. The highest BCUT2D eigenvalue weighted by Gasteiger charge is 2.22. The van der Waals surface area contributed by atoms with Gasteiger partial charge < -0.3 is 24.8 Å². The molecule has 176 valence electrons. The molecule has 0 saturated heterocycles. The van der Waals surface area contributed by atoms with E-state index in [0.717, 1.165) is 18.6 Å². The summed E-state index contributed by atoms with van der Waals surface area (Å²) in [6.07, 6.45) is 1.62. The molecule has 31 heavy (non-hydrogen) atoms. The van der Waals surface area contributed by atoms with Gasteiger partial charge in [-0.3, -0.25) is 9.59 Å². The summed E-state index contributed by atoms with van der Waals surface area (Å²) in [6.45, 7) is 12.6. The first-order valence-corrected chi connectivity index (χ1v) is 11.3. The molecular formula is C24H40N2O5. The van der Waals surface area contributed by atoms with Crippen LogP contribution in [0, 0.1) is 5.92 Å². The van der Waals surface area contributed by atoms with Crippen molar-refractivity contribution in [2.24, 2.45) is 5.92 Å². The fraction of sp³-hybridized carbons (Fsp3) is 0.667. The summed E-state index contributed by atoms with van der Waals surface area (Å²) in [4.78, 5) is 24.3. The maximum Gasteiger partial charge on any atom is 0.258 e. The molecule has 1 aromatic carbocycles. The monoisotopic (exact) mass is 436 g/mol. The summed E-state index contributed by atoms with van der Waals surface area (Å²) in [6, 6.07) is 7.55. The van der Waals surface area contributed by atoms with Gasteiger partial charge in [0.1, 0.15) is 5.75 Å². The zero-order valence-electron chi connectivity index (χ0n) is 19.7. The molecule has 0 aliphatic carbocycles. The van der Waals surface area contributed by atoms with Crippen LogP contribution < -0.4 is 15.4 Å². The molecule has 0 fully saturated rings. The van der Waals surface area contributed by atoms with Gasteiger partial charge in [0.2, 0.25) is 0 Å². The van der Waals surface area contributed by atoms with E-state index in [-0.39, 0.29) is 36.3 Å². The molecule has 1 atom stereocenters. The van der Waals surface area contributed by atoms with Gasteiger partial charge in [0.25, 0.3) is 5.91 Å². The van der Waals surface area contributed by atoms with Crippen molar-refractivity contribution in [3.8, 4) is 5.75 Å². The number of ketones is 1. The first kappa shape index (κ1) is 27.1. The zero-order chi connectivity index (χ0) is 23.1. The SMILES string of the molecule is CCCOCCOCCNC(=O)COc1ccc(CC(NC(C)C)C(=O)C(C)C)cc1. The minimum atomic E-state index is -0.210. The van der Waals surface area contributed by atoms with Gasteiger partial charge in [-0.05, 0) is 30.5 Å². The lowest BCUT2D eigenvalue weighted by Crippen LogP contribution is -2.44. The Bertz CT molecular complexity index is 631. The Morgan fingerprint density at radius 3 is 2.16 bits per heavy atom. The number of hydrogen-bond acceptors (Lipinski definition) is 6. The van der Waals surface area contributed by atoms with E-state index in [1.54, 1.807) is 0 Å². The number of amides is 1. The van der Waals surface area contributed by atoms with Crippen LogP contribution in [0.15, 0.2) is 24.3 Å². The molecule has 7 heteroatoms. The Labute approximate surface area is 187 Å². The van der Waals surface area contributed by atoms with E-state index in [0.29, 0.717) is 38.5 Å². The second-order valence-electron chi connectivity index (χ2n) is 8.14. The summed E-state index contributed by atoms with van der Waals surface area (Å²) < 4.78 is 16.2. The Hall–Kier alpha value is -1.96. The van der Waals surface area contributed by atoms with E-state index >= 15 is 0 Å². The van der Waals surface area contributed by atoms with Crippen LogP contribution in [0.25, 0.3) is 0 Å². The lowest BCUT2D eigenvalue weighted by molar-refractivity contribution is -0.124. The largest absolute Gasteiger partial charge is 0.484 e. The fourth-order valence-corrected chi connectivity index (χ4v) is 2.93. The molecule has 0 aliphatic heterocycles. The molecule has 1 aromatic rings. The third-order valence-electron chi connectivity index (χ3n) is 4.47. The van der Waals surface area contributed by atoms with E-state index in [1.165, 1.54) is 0 Å². The first-order valence-electron chi connectivity index (χ1n) is 11.3. The lowest BCUT2D eigenvalue weighted by atomic mass is 9.95. The summed E-state index contributed by atoms with van der Waals surface area (Å²) in [5, 5.41) is 6.11. The fourth-order valence-electron chi connectivity index (χ4n) is 2.93. The summed E-state index contributed by atoms with van der Waals surface area (Å²) in [5.74, 6) is 0.616.